The summed E-state index contributed by atoms with van der Waals surface area (Å²) in [6.45, 7) is 3.31. The van der Waals surface area contributed by atoms with Gasteiger partial charge in [0.05, 0.1) is 0 Å². The van der Waals surface area contributed by atoms with Crippen molar-refractivity contribution in [3.8, 4) is 0 Å². The molecule has 7 heteroatoms. The third-order valence-electron chi connectivity index (χ3n) is 2.33. The van der Waals surface area contributed by atoms with Gasteiger partial charge in [0.15, 0.2) is 0 Å². The molecule has 0 fully saturated rings. The third-order valence-corrected chi connectivity index (χ3v) is 2.33. The zero-order valence-corrected chi connectivity index (χ0v) is 8.97. The summed E-state index contributed by atoms with van der Waals surface area (Å²) in [5.74, 6) is -4.18. The van der Waals surface area contributed by atoms with E-state index < -0.39 is 30.0 Å². The van der Waals surface area contributed by atoms with E-state index in [9.17, 15) is 22.8 Å². The van der Waals surface area contributed by atoms with Gasteiger partial charge in [-0.1, -0.05) is 26.7 Å². The Hall–Kier alpha value is -1.27. The number of alkyl halides is 3. The molecule has 1 atom stereocenters. The van der Waals surface area contributed by atoms with Gasteiger partial charge in [-0.05, 0) is 5.92 Å². The Kier molecular flexibility index (Phi) is 5.26. The number of aliphatic carboxylic acids is 1. The first-order chi connectivity index (χ1) is 7.23. The summed E-state index contributed by atoms with van der Waals surface area (Å²) in [6, 6.07) is -1.50. The maximum atomic E-state index is 11.9. The first-order valence-electron chi connectivity index (χ1n) is 4.84. The van der Waals surface area contributed by atoms with Crippen molar-refractivity contribution in [3.05, 3.63) is 0 Å². The molecule has 0 spiro atoms. The number of halogens is 3. The van der Waals surface area contributed by atoms with Crippen LogP contribution in [0.25, 0.3) is 0 Å². The van der Waals surface area contributed by atoms with E-state index in [-0.39, 0.29) is 0 Å². The topological polar surface area (TPSA) is 66.4 Å². The van der Waals surface area contributed by atoms with Crippen LogP contribution in [-0.2, 0) is 9.59 Å². The molecule has 2 N–H and O–H groups in total. The minimum atomic E-state index is -5.06. The molecule has 94 valence electrons. The van der Waals surface area contributed by atoms with E-state index in [2.05, 4.69) is 0 Å². The Labute approximate surface area is 90.8 Å². The second-order valence-electron chi connectivity index (χ2n) is 3.36. The highest BCUT2D eigenvalue weighted by Gasteiger charge is 2.42. The van der Waals surface area contributed by atoms with E-state index >= 15 is 0 Å². The van der Waals surface area contributed by atoms with Crippen LogP contribution in [0.4, 0.5) is 13.2 Å². The predicted octanol–water partition coefficient (Wildman–Crippen LogP) is 1.55. The number of rotatable bonds is 5. The number of amides is 1. The Morgan fingerprint density at radius 1 is 1.25 bits per heavy atom. The zero-order valence-electron chi connectivity index (χ0n) is 8.97. The fraction of sp³-hybridized carbons (Fsp3) is 0.778. The fourth-order valence-corrected chi connectivity index (χ4v) is 1.36. The first-order valence-corrected chi connectivity index (χ1v) is 4.84. The van der Waals surface area contributed by atoms with Gasteiger partial charge in [0, 0.05) is 0 Å². The van der Waals surface area contributed by atoms with Crippen LogP contribution in [0.2, 0.25) is 0 Å². The van der Waals surface area contributed by atoms with Crippen LogP contribution in [0, 0.1) is 5.92 Å². The molecule has 0 aromatic heterocycles. The highest BCUT2D eigenvalue weighted by Crippen LogP contribution is 2.18. The van der Waals surface area contributed by atoms with Crippen molar-refractivity contribution >= 4 is 11.9 Å². The second-order valence-corrected chi connectivity index (χ2v) is 3.36. The van der Waals surface area contributed by atoms with E-state index in [4.69, 9.17) is 5.11 Å². The quantitative estimate of drug-likeness (QED) is 0.767. The number of nitrogens with one attached hydrogen (secondary N) is 1. The predicted molar refractivity (Wildman–Crippen MR) is 49.7 cm³/mol. The van der Waals surface area contributed by atoms with Gasteiger partial charge in [-0.2, -0.15) is 13.2 Å². The normalized spacial score (nSPS) is 13.6. The molecule has 0 bridgehead atoms. The summed E-state index contributed by atoms with van der Waals surface area (Å²) < 4.78 is 35.8. The van der Waals surface area contributed by atoms with Crippen molar-refractivity contribution in [1.29, 1.82) is 0 Å². The van der Waals surface area contributed by atoms with Crippen molar-refractivity contribution in [1.82, 2.24) is 5.32 Å². The van der Waals surface area contributed by atoms with Crippen molar-refractivity contribution in [2.75, 3.05) is 0 Å². The fourth-order valence-electron chi connectivity index (χ4n) is 1.36. The molecule has 0 aromatic carbocycles. The standard InChI is InChI=1S/C9H14F3NO3/c1-3-5(4-2)6(7(14)15)13-8(16)9(10,11)12/h5-6H,3-4H2,1-2H3,(H,13,16)(H,14,15)/t6-/m0/s1. The van der Waals surface area contributed by atoms with Gasteiger partial charge in [0.1, 0.15) is 6.04 Å². The van der Waals surface area contributed by atoms with E-state index in [1.54, 1.807) is 13.8 Å². The summed E-state index contributed by atoms with van der Waals surface area (Å²) in [4.78, 5) is 21.4. The maximum Gasteiger partial charge on any atom is 0.471 e. The lowest BCUT2D eigenvalue weighted by molar-refractivity contribution is -0.176. The van der Waals surface area contributed by atoms with Crippen LogP contribution in [0.5, 0.6) is 0 Å². The van der Waals surface area contributed by atoms with Gasteiger partial charge in [-0.25, -0.2) is 4.79 Å². The van der Waals surface area contributed by atoms with Gasteiger partial charge >= 0.3 is 18.1 Å². The number of carbonyl (C=O) groups is 2. The van der Waals surface area contributed by atoms with E-state index in [0.717, 1.165) is 0 Å². The molecular weight excluding hydrogens is 227 g/mol. The Bertz CT molecular complexity index is 261. The van der Waals surface area contributed by atoms with Gasteiger partial charge in [-0.15, -0.1) is 0 Å². The number of carboxylic acids is 1. The highest BCUT2D eigenvalue weighted by atomic mass is 19.4. The molecule has 0 radical (unpaired) electrons. The SMILES string of the molecule is CCC(CC)[C@H](NC(=O)C(F)(F)F)C(=O)O. The van der Waals surface area contributed by atoms with Gasteiger partial charge in [0.2, 0.25) is 0 Å². The molecule has 0 saturated heterocycles. The number of carboxylic acid groups (broad SMARTS) is 1. The second kappa shape index (κ2) is 5.72. The lowest BCUT2D eigenvalue weighted by Crippen LogP contribution is -2.50. The molecule has 0 aliphatic carbocycles. The van der Waals surface area contributed by atoms with Crippen LogP contribution in [0.15, 0.2) is 0 Å². The van der Waals surface area contributed by atoms with Crippen LogP contribution in [0.1, 0.15) is 26.7 Å². The molecule has 1 amide bonds. The molecule has 0 aliphatic heterocycles. The Morgan fingerprint density at radius 3 is 1.94 bits per heavy atom. The first kappa shape index (κ1) is 14.7. The van der Waals surface area contributed by atoms with Crippen molar-refractivity contribution < 1.29 is 27.9 Å². The highest BCUT2D eigenvalue weighted by molar-refractivity contribution is 5.87. The smallest absolute Gasteiger partial charge is 0.471 e. The number of hydrogen-bond donors (Lipinski definition) is 2. The van der Waals surface area contributed by atoms with Gasteiger partial charge in [-0.3, -0.25) is 4.79 Å². The average Bonchev–Trinajstić information content (AvgIpc) is 2.15. The molecule has 0 aromatic rings. The average molecular weight is 241 g/mol. The zero-order chi connectivity index (χ0) is 12.9. The van der Waals surface area contributed by atoms with Crippen molar-refractivity contribution in [2.45, 2.75) is 38.9 Å². The summed E-state index contributed by atoms with van der Waals surface area (Å²) in [5, 5.41) is 10.2. The van der Waals surface area contributed by atoms with Crippen LogP contribution < -0.4 is 5.32 Å². The minimum Gasteiger partial charge on any atom is -0.480 e. The molecule has 0 heterocycles. The Balaban J connectivity index is 4.70. The van der Waals surface area contributed by atoms with Crippen LogP contribution in [0.3, 0.4) is 0 Å². The summed E-state index contributed by atoms with van der Waals surface area (Å²) in [5.41, 5.74) is 0. The lowest BCUT2D eigenvalue weighted by atomic mass is 9.94. The molecular formula is C9H14F3NO3. The summed E-state index contributed by atoms with van der Waals surface area (Å²) in [6.07, 6.45) is -4.29. The molecule has 0 unspecified atom stereocenters. The van der Waals surface area contributed by atoms with Crippen molar-refractivity contribution in [2.24, 2.45) is 5.92 Å². The Morgan fingerprint density at radius 2 is 1.69 bits per heavy atom. The number of hydrogen-bond acceptors (Lipinski definition) is 2. The van der Waals surface area contributed by atoms with E-state index in [0.29, 0.717) is 12.8 Å². The third kappa shape index (κ3) is 4.08. The molecule has 0 saturated carbocycles. The monoisotopic (exact) mass is 241 g/mol. The van der Waals surface area contributed by atoms with Crippen LogP contribution in [-0.4, -0.2) is 29.2 Å². The molecule has 16 heavy (non-hydrogen) atoms. The van der Waals surface area contributed by atoms with Gasteiger partial charge < -0.3 is 10.4 Å². The van der Waals surface area contributed by atoms with E-state index in [1.165, 1.54) is 5.32 Å². The minimum absolute atomic E-state index is 0.381. The van der Waals surface area contributed by atoms with Crippen LogP contribution >= 0.6 is 0 Å². The molecule has 4 nitrogen and oxygen atoms in total. The van der Waals surface area contributed by atoms with Crippen molar-refractivity contribution in [3.63, 3.8) is 0 Å². The number of carbonyl (C=O) groups excluding carboxylic acids is 1. The lowest BCUT2D eigenvalue weighted by Gasteiger charge is -2.22. The summed E-state index contributed by atoms with van der Waals surface area (Å²) in [7, 11) is 0. The molecule has 0 rings (SSSR count). The maximum absolute atomic E-state index is 11.9. The van der Waals surface area contributed by atoms with E-state index in [1.807, 2.05) is 0 Å². The summed E-state index contributed by atoms with van der Waals surface area (Å²) >= 11 is 0. The largest absolute Gasteiger partial charge is 0.480 e. The van der Waals surface area contributed by atoms with Gasteiger partial charge in [0.25, 0.3) is 0 Å². The molecule has 0 aliphatic rings.